The average Bonchev–Trinajstić information content (AvgIpc) is 3.10. The fourth-order valence-corrected chi connectivity index (χ4v) is 2.05. The van der Waals surface area contributed by atoms with Crippen molar-refractivity contribution in [2.45, 2.75) is 13.3 Å². The van der Waals surface area contributed by atoms with E-state index in [-0.39, 0.29) is 12.5 Å². The standard InChI is InChI=1S/C15H16N4O3/c1-10-8-15(19-22-10)21-9-14(20)16-7-6-13-17-11-4-2-3-5-12(11)18-13/h2-5,8H,6-7,9H2,1H3,(H,16,20)(H,17,18). The maximum atomic E-state index is 11.7. The van der Waals surface area contributed by atoms with Gasteiger partial charge in [0.05, 0.1) is 11.0 Å². The van der Waals surface area contributed by atoms with E-state index in [4.69, 9.17) is 9.26 Å². The molecule has 2 N–H and O–H groups in total. The van der Waals surface area contributed by atoms with E-state index in [1.807, 2.05) is 24.3 Å². The number of nitrogens with one attached hydrogen (secondary N) is 2. The number of benzene rings is 1. The summed E-state index contributed by atoms with van der Waals surface area (Å²) in [5.74, 6) is 1.58. The Kier molecular flexibility index (Phi) is 4.04. The SMILES string of the molecule is Cc1cc(OCC(=O)NCCc2nc3ccccc3[nH]2)no1. The number of carbonyl (C=O) groups is 1. The van der Waals surface area contributed by atoms with Crippen LogP contribution in [0.2, 0.25) is 0 Å². The summed E-state index contributed by atoms with van der Waals surface area (Å²) in [6.45, 7) is 2.15. The molecule has 0 aliphatic carbocycles. The van der Waals surface area contributed by atoms with Crippen molar-refractivity contribution in [2.24, 2.45) is 0 Å². The Balaban J connectivity index is 1.43. The molecule has 7 heteroatoms. The highest BCUT2D eigenvalue weighted by molar-refractivity contribution is 5.77. The summed E-state index contributed by atoms with van der Waals surface area (Å²) in [4.78, 5) is 19.3. The normalized spacial score (nSPS) is 10.8. The van der Waals surface area contributed by atoms with E-state index >= 15 is 0 Å². The molecule has 0 atom stereocenters. The van der Waals surface area contributed by atoms with Gasteiger partial charge in [0.2, 0.25) is 0 Å². The lowest BCUT2D eigenvalue weighted by molar-refractivity contribution is -0.123. The number of ether oxygens (including phenoxy) is 1. The molecule has 0 fully saturated rings. The Morgan fingerprint density at radius 2 is 2.27 bits per heavy atom. The first-order chi connectivity index (χ1) is 10.7. The highest BCUT2D eigenvalue weighted by atomic mass is 16.5. The summed E-state index contributed by atoms with van der Waals surface area (Å²) in [5.41, 5.74) is 1.92. The Labute approximate surface area is 126 Å². The van der Waals surface area contributed by atoms with Crippen molar-refractivity contribution in [1.29, 1.82) is 0 Å². The van der Waals surface area contributed by atoms with Gasteiger partial charge in [-0.15, -0.1) is 0 Å². The zero-order valence-electron chi connectivity index (χ0n) is 12.1. The van der Waals surface area contributed by atoms with Crippen LogP contribution in [0.5, 0.6) is 5.88 Å². The molecule has 0 aliphatic rings. The number of hydrogen-bond acceptors (Lipinski definition) is 5. The van der Waals surface area contributed by atoms with Gasteiger partial charge in [-0.1, -0.05) is 12.1 Å². The summed E-state index contributed by atoms with van der Waals surface area (Å²) in [5, 5.41) is 6.42. The van der Waals surface area contributed by atoms with Gasteiger partial charge in [0.1, 0.15) is 11.6 Å². The second-order valence-electron chi connectivity index (χ2n) is 4.87. The first-order valence-electron chi connectivity index (χ1n) is 6.97. The van der Waals surface area contributed by atoms with Gasteiger partial charge in [0, 0.05) is 19.0 Å². The third-order valence-corrected chi connectivity index (χ3v) is 3.08. The van der Waals surface area contributed by atoms with Crippen molar-refractivity contribution in [3.63, 3.8) is 0 Å². The van der Waals surface area contributed by atoms with Gasteiger partial charge in [-0.05, 0) is 24.2 Å². The molecule has 2 aromatic heterocycles. The maximum Gasteiger partial charge on any atom is 0.258 e. The number of para-hydroxylation sites is 2. The van der Waals surface area contributed by atoms with Gasteiger partial charge in [0.25, 0.3) is 11.8 Å². The van der Waals surface area contributed by atoms with Crippen LogP contribution < -0.4 is 10.1 Å². The quantitative estimate of drug-likeness (QED) is 0.721. The number of H-pyrrole nitrogens is 1. The van der Waals surface area contributed by atoms with Crippen molar-refractivity contribution in [2.75, 3.05) is 13.2 Å². The van der Waals surface area contributed by atoms with Crippen LogP contribution in [0.1, 0.15) is 11.6 Å². The highest BCUT2D eigenvalue weighted by Gasteiger charge is 2.07. The number of imidazole rings is 1. The second-order valence-corrected chi connectivity index (χ2v) is 4.87. The van der Waals surface area contributed by atoms with E-state index in [1.165, 1.54) is 0 Å². The molecule has 0 saturated heterocycles. The molecule has 0 spiro atoms. The number of nitrogens with zero attached hydrogens (tertiary/aromatic N) is 2. The number of amides is 1. The lowest BCUT2D eigenvalue weighted by Crippen LogP contribution is -2.30. The number of hydrogen-bond donors (Lipinski definition) is 2. The third kappa shape index (κ3) is 3.43. The molecule has 0 unspecified atom stereocenters. The molecule has 22 heavy (non-hydrogen) atoms. The van der Waals surface area contributed by atoms with Crippen LogP contribution in [0.4, 0.5) is 0 Å². The molecule has 1 aromatic carbocycles. The first kappa shape index (κ1) is 14.1. The molecule has 3 aromatic rings. The zero-order valence-corrected chi connectivity index (χ0v) is 12.1. The molecule has 0 radical (unpaired) electrons. The second kappa shape index (κ2) is 6.30. The average molecular weight is 300 g/mol. The Bertz CT molecular complexity index is 745. The molecule has 2 heterocycles. The predicted octanol–water partition coefficient (Wildman–Crippen LogP) is 1.60. The van der Waals surface area contributed by atoms with Crippen molar-refractivity contribution >= 4 is 16.9 Å². The first-order valence-corrected chi connectivity index (χ1v) is 6.97. The lowest BCUT2D eigenvalue weighted by Gasteiger charge is -2.04. The topological polar surface area (TPSA) is 93.0 Å². The Hall–Kier alpha value is -2.83. The summed E-state index contributed by atoms with van der Waals surface area (Å²) >= 11 is 0. The fourth-order valence-electron chi connectivity index (χ4n) is 2.05. The van der Waals surface area contributed by atoms with Crippen LogP contribution in [0, 0.1) is 6.92 Å². The van der Waals surface area contributed by atoms with Crippen LogP contribution in [0.3, 0.4) is 0 Å². The molecule has 0 saturated carbocycles. The minimum atomic E-state index is -0.211. The van der Waals surface area contributed by atoms with E-state index in [9.17, 15) is 4.79 Å². The lowest BCUT2D eigenvalue weighted by atomic mass is 10.3. The molecule has 114 valence electrons. The molecule has 1 amide bonds. The Morgan fingerprint density at radius 3 is 3.05 bits per heavy atom. The zero-order chi connectivity index (χ0) is 15.4. The van der Waals surface area contributed by atoms with E-state index < -0.39 is 0 Å². The van der Waals surface area contributed by atoms with Gasteiger partial charge in [-0.25, -0.2) is 4.98 Å². The van der Waals surface area contributed by atoms with Crippen LogP contribution >= 0.6 is 0 Å². The van der Waals surface area contributed by atoms with E-state index in [2.05, 4.69) is 20.4 Å². The van der Waals surface area contributed by atoms with Crippen molar-refractivity contribution < 1.29 is 14.1 Å². The predicted molar refractivity (Wildman–Crippen MR) is 79.5 cm³/mol. The van der Waals surface area contributed by atoms with Crippen LogP contribution in [0.15, 0.2) is 34.9 Å². The van der Waals surface area contributed by atoms with Gasteiger partial charge in [0.15, 0.2) is 6.61 Å². The monoisotopic (exact) mass is 300 g/mol. The molecule has 7 nitrogen and oxygen atoms in total. The number of aryl methyl sites for hydroxylation is 1. The summed E-state index contributed by atoms with van der Waals surface area (Å²) in [6, 6.07) is 9.44. The third-order valence-electron chi connectivity index (χ3n) is 3.08. The van der Waals surface area contributed by atoms with E-state index in [1.54, 1.807) is 13.0 Å². The minimum Gasteiger partial charge on any atom is -0.465 e. The van der Waals surface area contributed by atoms with Crippen LogP contribution in [-0.2, 0) is 11.2 Å². The van der Waals surface area contributed by atoms with Gasteiger partial charge in [-0.3, -0.25) is 4.79 Å². The van der Waals surface area contributed by atoms with Crippen molar-refractivity contribution in [3.8, 4) is 5.88 Å². The number of aromatic nitrogens is 3. The molecule has 0 bridgehead atoms. The molecule has 3 rings (SSSR count). The minimum absolute atomic E-state index is 0.0912. The van der Waals surface area contributed by atoms with Crippen LogP contribution in [-0.4, -0.2) is 34.2 Å². The molecular weight excluding hydrogens is 284 g/mol. The summed E-state index contributed by atoms with van der Waals surface area (Å²) in [7, 11) is 0. The van der Waals surface area contributed by atoms with E-state index in [0.29, 0.717) is 24.6 Å². The van der Waals surface area contributed by atoms with Gasteiger partial charge < -0.3 is 19.6 Å². The van der Waals surface area contributed by atoms with Gasteiger partial charge >= 0.3 is 0 Å². The van der Waals surface area contributed by atoms with Crippen molar-refractivity contribution in [3.05, 3.63) is 41.9 Å². The maximum absolute atomic E-state index is 11.7. The highest BCUT2D eigenvalue weighted by Crippen LogP contribution is 2.10. The largest absolute Gasteiger partial charge is 0.465 e. The van der Waals surface area contributed by atoms with Crippen molar-refractivity contribution in [1.82, 2.24) is 20.4 Å². The van der Waals surface area contributed by atoms with Gasteiger partial charge in [-0.2, -0.15) is 0 Å². The van der Waals surface area contributed by atoms with Crippen LogP contribution in [0.25, 0.3) is 11.0 Å². The summed E-state index contributed by atoms with van der Waals surface area (Å²) < 4.78 is 10.0. The number of rotatable bonds is 6. The van der Waals surface area contributed by atoms with E-state index in [0.717, 1.165) is 16.9 Å². The number of carbonyl (C=O) groups excluding carboxylic acids is 1. The summed E-state index contributed by atoms with van der Waals surface area (Å²) in [6.07, 6.45) is 0.628. The smallest absolute Gasteiger partial charge is 0.258 e. The molecule has 0 aliphatic heterocycles. The number of aromatic amines is 1. The fraction of sp³-hybridized carbons (Fsp3) is 0.267. The Morgan fingerprint density at radius 1 is 1.41 bits per heavy atom. The number of fused-ring (bicyclic) bond motifs is 1. The molecular formula is C15H16N4O3.